The van der Waals surface area contributed by atoms with Crippen molar-refractivity contribution in [3.63, 3.8) is 0 Å². The van der Waals surface area contributed by atoms with Crippen LogP contribution >= 0.6 is 0 Å². The average molecular weight is 370 g/mol. The molecule has 4 rings (SSSR count). The lowest BCUT2D eigenvalue weighted by Gasteiger charge is -2.31. The van der Waals surface area contributed by atoms with Gasteiger partial charge in [0.25, 0.3) is 17.5 Å². The number of anilines is 1. The van der Waals surface area contributed by atoms with Crippen molar-refractivity contribution >= 4 is 34.0 Å². The molecule has 1 saturated heterocycles. The molecule has 2 amide bonds. The smallest absolute Gasteiger partial charge is 0.270 e. The normalized spacial score (nSPS) is 17.6. The summed E-state index contributed by atoms with van der Waals surface area (Å²) in [5.41, 5.74) is 6.47. The van der Waals surface area contributed by atoms with Gasteiger partial charge in [0.05, 0.1) is 29.3 Å². The van der Waals surface area contributed by atoms with Crippen LogP contribution in [0.25, 0.3) is 10.8 Å². The predicted molar refractivity (Wildman–Crippen MR) is 97.6 cm³/mol. The van der Waals surface area contributed by atoms with Crippen LogP contribution in [0.2, 0.25) is 0 Å². The molecule has 9 nitrogen and oxygen atoms in total. The Bertz CT molecular complexity index is 968. The number of carbonyl (C=O) groups is 2. The molecule has 0 spiro atoms. The summed E-state index contributed by atoms with van der Waals surface area (Å²) in [6, 6.07) is 5.63. The zero-order chi connectivity index (χ0) is 19.1. The number of nitrogens with zero attached hydrogens (tertiary/aromatic N) is 3. The van der Waals surface area contributed by atoms with E-state index in [0.29, 0.717) is 41.8 Å². The number of imide groups is 1. The van der Waals surface area contributed by atoms with E-state index in [0.717, 1.165) is 18.0 Å². The predicted octanol–water partition coefficient (Wildman–Crippen LogP) is 1.26. The average Bonchev–Trinajstić information content (AvgIpc) is 2.65. The monoisotopic (exact) mass is 370 g/mol. The molecule has 0 atom stereocenters. The molecule has 2 heterocycles. The fourth-order valence-corrected chi connectivity index (χ4v) is 3.62. The maximum absolute atomic E-state index is 13.0. The van der Waals surface area contributed by atoms with Gasteiger partial charge in [-0.1, -0.05) is 0 Å². The number of nitrogens with two attached hydrogens (primary N) is 1. The number of non-ortho nitro benzene ring substituents is 1. The molecule has 0 unspecified atom stereocenters. The number of hydrogen-bond acceptors (Lipinski definition) is 7. The van der Waals surface area contributed by atoms with Gasteiger partial charge in [-0.2, -0.15) is 0 Å². The van der Waals surface area contributed by atoms with Crippen molar-refractivity contribution in [1.82, 2.24) is 9.80 Å². The van der Waals surface area contributed by atoms with Crippen LogP contribution in [0.3, 0.4) is 0 Å². The van der Waals surface area contributed by atoms with E-state index in [9.17, 15) is 19.7 Å². The van der Waals surface area contributed by atoms with Gasteiger partial charge < -0.3 is 10.5 Å². The molecule has 27 heavy (non-hydrogen) atoms. The highest BCUT2D eigenvalue weighted by molar-refractivity contribution is 6.26. The Morgan fingerprint density at radius 1 is 1.04 bits per heavy atom. The molecular formula is C18H18N4O5. The number of morpholine rings is 1. The second kappa shape index (κ2) is 6.60. The molecule has 2 N–H and O–H groups in total. The van der Waals surface area contributed by atoms with Crippen LogP contribution < -0.4 is 5.73 Å². The van der Waals surface area contributed by atoms with Gasteiger partial charge in [-0.15, -0.1) is 0 Å². The number of carbonyl (C=O) groups excluding carboxylic acids is 2. The first-order chi connectivity index (χ1) is 13.0. The first-order valence-corrected chi connectivity index (χ1v) is 8.63. The number of amides is 2. The maximum atomic E-state index is 13.0. The van der Waals surface area contributed by atoms with Crippen molar-refractivity contribution in [3.05, 3.63) is 45.5 Å². The van der Waals surface area contributed by atoms with Crippen molar-refractivity contribution in [3.8, 4) is 0 Å². The molecule has 2 aromatic rings. The zero-order valence-electron chi connectivity index (χ0n) is 14.5. The van der Waals surface area contributed by atoms with Gasteiger partial charge in [0.1, 0.15) is 0 Å². The highest BCUT2D eigenvalue weighted by Gasteiger charge is 2.34. The Hall–Kier alpha value is -3.04. The van der Waals surface area contributed by atoms with E-state index in [-0.39, 0.29) is 17.8 Å². The summed E-state index contributed by atoms with van der Waals surface area (Å²) in [5, 5.41) is 12.1. The van der Waals surface area contributed by atoms with Crippen LogP contribution in [0.15, 0.2) is 24.3 Å². The lowest BCUT2D eigenvalue weighted by atomic mass is 9.92. The zero-order valence-corrected chi connectivity index (χ0v) is 14.5. The molecule has 0 aromatic heterocycles. The quantitative estimate of drug-likeness (QED) is 0.372. The number of nitro groups is 1. The molecule has 0 saturated carbocycles. The summed E-state index contributed by atoms with van der Waals surface area (Å²) in [6.45, 7) is 3.44. The van der Waals surface area contributed by atoms with Crippen LogP contribution in [0, 0.1) is 10.1 Å². The number of benzene rings is 2. The molecule has 0 aliphatic carbocycles. The molecule has 0 radical (unpaired) electrons. The summed E-state index contributed by atoms with van der Waals surface area (Å²) in [5.74, 6) is -0.939. The largest absolute Gasteiger partial charge is 0.399 e. The first kappa shape index (κ1) is 17.4. The van der Waals surface area contributed by atoms with Gasteiger partial charge in [-0.3, -0.25) is 29.5 Å². The SMILES string of the molecule is Nc1cc2c3c(cc([N+](=O)[O-])cc3c1)C(=O)N(CCN1CCOCC1)C2=O. The molecule has 2 aromatic carbocycles. The number of ether oxygens (including phenoxy) is 1. The van der Waals surface area contributed by atoms with Crippen LogP contribution in [0.1, 0.15) is 20.7 Å². The maximum Gasteiger partial charge on any atom is 0.270 e. The molecule has 140 valence electrons. The van der Waals surface area contributed by atoms with Gasteiger partial charge in [-0.25, -0.2) is 0 Å². The molecule has 2 aliphatic heterocycles. The van der Waals surface area contributed by atoms with Gasteiger partial charge in [0, 0.05) is 49.4 Å². The highest BCUT2D eigenvalue weighted by Crippen LogP contribution is 2.35. The Kier molecular flexibility index (Phi) is 4.25. The van der Waals surface area contributed by atoms with Crippen LogP contribution in [0.4, 0.5) is 11.4 Å². The van der Waals surface area contributed by atoms with Gasteiger partial charge >= 0.3 is 0 Å². The molecule has 2 aliphatic rings. The summed E-state index contributed by atoms with van der Waals surface area (Å²) < 4.78 is 5.30. The Labute approximate surface area is 154 Å². The van der Waals surface area contributed by atoms with E-state index in [2.05, 4.69) is 4.90 Å². The van der Waals surface area contributed by atoms with Crippen molar-refractivity contribution < 1.29 is 19.2 Å². The van der Waals surface area contributed by atoms with E-state index in [4.69, 9.17) is 10.5 Å². The fraction of sp³-hybridized carbons (Fsp3) is 0.333. The number of hydrogen-bond donors (Lipinski definition) is 1. The van der Waals surface area contributed by atoms with Crippen molar-refractivity contribution in [2.75, 3.05) is 45.1 Å². The standard InChI is InChI=1S/C18H18N4O5/c19-12-7-11-8-13(22(25)26)10-15-16(11)14(9-12)17(23)21(18(15)24)2-1-20-3-5-27-6-4-20/h7-10H,1-6,19H2. The topological polar surface area (TPSA) is 119 Å². The second-order valence-electron chi connectivity index (χ2n) is 6.63. The minimum Gasteiger partial charge on any atom is -0.399 e. The Morgan fingerprint density at radius 3 is 2.37 bits per heavy atom. The third-order valence-electron chi connectivity index (χ3n) is 4.96. The van der Waals surface area contributed by atoms with Crippen molar-refractivity contribution in [2.24, 2.45) is 0 Å². The van der Waals surface area contributed by atoms with Crippen LogP contribution in [0.5, 0.6) is 0 Å². The lowest BCUT2D eigenvalue weighted by Crippen LogP contribution is -2.46. The van der Waals surface area contributed by atoms with Gasteiger partial charge in [0.2, 0.25) is 0 Å². The third kappa shape index (κ3) is 3.00. The lowest BCUT2D eigenvalue weighted by molar-refractivity contribution is -0.384. The van der Waals surface area contributed by atoms with Gasteiger partial charge in [-0.05, 0) is 17.5 Å². The Balaban J connectivity index is 1.74. The summed E-state index contributed by atoms with van der Waals surface area (Å²) >= 11 is 0. The van der Waals surface area contributed by atoms with Crippen LogP contribution in [-0.2, 0) is 4.74 Å². The molecule has 9 heteroatoms. The molecular weight excluding hydrogens is 352 g/mol. The number of rotatable bonds is 4. The highest BCUT2D eigenvalue weighted by atomic mass is 16.6. The van der Waals surface area contributed by atoms with Crippen LogP contribution in [-0.4, -0.2) is 65.9 Å². The number of nitrogen functional groups attached to an aromatic ring is 1. The minimum absolute atomic E-state index is 0.163. The van der Waals surface area contributed by atoms with E-state index < -0.39 is 16.7 Å². The first-order valence-electron chi connectivity index (χ1n) is 8.63. The van der Waals surface area contributed by atoms with E-state index in [1.165, 1.54) is 18.2 Å². The third-order valence-corrected chi connectivity index (χ3v) is 4.96. The minimum atomic E-state index is -0.555. The summed E-state index contributed by atoms with van der Waals surface area (Å²) in [7, 11) is 0. The Morgan fingerprint density at radius 2 is 1.70 bits per heavy atom. The van der Waals surface area contributed by atoms with E-state index in [1.54, 1.807) is 6.07 Å². The molecule has 1 fully saturated rings. The fourth-order valence-electron chi connectivity index (χ4n) is 3.62. The second-order valence-corrected chi connectivity index (χ2v) is 6.63. The number of nitro benzene ring substituents is 1. The van der Waals surface area contributed by atoms with Crippen molar-refractivity contribution in [2.45, 2.75) is 0 Å². The van der Waals surface area contributed by atoms with Gasteiger partial charge in [0.15, 0.2) is 0 Å². The van der Waals surface area contributed by atoms with E-state index in [1.807, 2.05) is 0 Å². The molecule has 0 bridgehead atoms. The summed E-state index contributed by atoms with van der Waals surface area (Å²) in [6.07, 6.45) is 0. The van der Waals surface area contributed by atoms with Crippen molar-refractivity contribution in [1.29, 1.82) is 0 Å². The van der Waals surface area contributed by atoms with E-state index >= 15 is 0 Å². The summed E-state index contributed by atoms with van der Waals surface area (Å²) in [4.78, 5) is 39.8.